The second-order valence-electron chi connectivity index (χ2n) is 4.47. The van der Waals surface area contributed by atoms with Gasteiger partial charge in [0.2, 0.25) is 0 Å². The van der Waals surface area contributed by atoms with Crippen molar-refractivity contribution in [1.82, 2.24) is 10.3 Å². The van der Waals surface area contributed by atoms with Crippen LogP contribution < -0.4 is 5.32 Å². The summed E-state index contributed by atoms with van der Waals surface area (Å²) < 4.78 is 0. The Morgan fingerprint density at radius 2 is 2.27 bits per heavy atom. The molecule has 0 radical (unpaired) electrons. The molecule has 1 aromatic rings. The van der Waals surface area contributed by atoms with Gasteiger partial charge in [0.15, 0.2) is 0 Å². The molecule has 78 valence electrons. The van der Waals surface area contributed by atoms with Gasteiger partial charge in [0.05, 0.1) is 0 Å². The van der Waals surface area contributed by atoms with Crippen molar-refractivity contribution in [2.45, 2.75) is 37.8 Å². The summed E-state index contributed by atoms with van der Waals surface area (Å²) in [7, 11) is 0. The second-order valence-corrected chi connectivity index (χ2v) is 4.47. The third-order valence-electron chi connectivity index (χ3n) is 3.49. The molecule has 2 aliphatic heterocycles. The van der Waals surface area contributed by atoms with E-state index in [1.807, 2.05) is 18.5 Å². The van der Waals surface area contributed by atoms with E-state index in [-0.39, 0.29) is 0 Å². The van der Waals surface area contributed by atoms with E-state index in [1.54, 1.807) is 0 Å². The highest BCUT2D eigenvalue weighted by atomic mass is 15.0. The smallest absolute Gasteiger partial charge is 0.0343 e. The van der Waals surface area contributed by atoms with E-state index >= 15 is 0 Å². The molecular weight excluding hydrogens is 184 g/mol. The minimum atomic E-state index is 0.571. The second kappa shape index (κ2) is 3.78. The zero-order valence-corrected chi connectivity index (χ0v) is 8.82. The number of pyridine rings is 1. The van der Waals surface area contributed by atoms with Gasteiger partial charge in [0, 0.05) is 24.5 Å². The molecule has 3 rings (SSSR count). The number of rotatable bonds is 1. The minimum Gasteiger partial charge on any atom is -0.307 e. The maximum atomic E-state index is 4.20. The number of allylic oxidation sites excluding steroid dienone is 1. The van der Waals surface area contributed by atoms with Crippen LogP contribution in [0.15, 0.2) is 30.6 Å². The first kappa shape index (κ1) is 9.10. The van der Waals surface area contributed by atoms with Crippen molar-refractivity contribution in [3.63, 3.8) is 0 Å². The van der Waals surface area contributed by atoms with Gasteiger partial charge in [-0.1, -0.05) is 12.1 Å². The molecule has 1 aromatic heterocycles. The standard InChI is InChI=1S/C13H16N2/c1-4-11-6-7-13(15-11)12(5-1)10-3-2-8-14-9-10/h2-3,5,8-9,11,13,15H,1,4,6-7H2/t11-,13-/m0/s1. The van der Waals surface area contributed by atoms with Crippen molar-refractivity contribution >= 4 is 5.57 Å². The third kappa shape index (κ3) is 1.70. The Balaban J connectivity index is 1.94. The summed E-state index contributed by atoms with van der Waals surface area (Å²) in [6, 6.07) is 5.51. The molecule has 0 aromatic carbocycles. The minimum absolute atomic E-state index is 0.571. The fourth-order valence-corrected chi connectivity index (χ4v) is 2.73. The summed E-state index contributed by atoms with van der Waals surface area (Å²) in [6.45, 7) is 0. The molecule has 2 atom stereocenters. The van der Waals surface area contributed by atoms with E-state index in [0.717, 1.165) is 6.04 Å². The highest BCUT2D eigenvalue weighted by Crippen LogP contribution is 2.31. The maximum absolute atomic E-state index is 4.20. The Labute approximate surface area is 90.4 Å². The SMILES string of the molecule is C1=C(c2cccnc2)[C@@H]2CC[C@H](CC1)N2. The lowest BCUT2D eigenvalue weighted by Gasteiger charge is -2.14. The molecule has 0 amide bonds. The number of nitrogens with one attached hydrogen (secondary N) is 1. The predicted octanol–water partition coefficient (Wildman–Crippen LogP) is 2.38. The van der Waals surface area contributed by atoms with Gasteiger partial charge >= 0.3 is 0 Å². The van der Waals surface area contributed by atoms with Gasteiger partial charge < -0.3 is 5.32 Å². The first-order valence-electron chi connectivity index (χ1n) is 5.80. The number of hydrogen-bond donors (Lipinski definition) is 1. The number of nitrogens with zero attached hydrogens (tertiary/aromatic N) is 1. The molecule has 0 saturated carbocycles. The van der Waals surface area contributed by atoms with Crippen molar-refractivity contribution in [3.05, 3.63) is 36.2 Å². The van der Waals surface area contributed by atoms with Crippen LogP contribution >= 0.6 is 0 Å². The van der Waals surface area contributed by atoms with Crippen LogP contribution in [0.3, 0.4) is 0 Å². The molecule has 2 nitrogen and oxygen atoms in total. The quantitative estimate of drug-likeness (QED) is 0.753. The zero-order valence-electron chi connectivity index (χ0n) is 8.82. The van der Waals surface area contributed by atoms with Crippen LogP contribution in [0.5, 0.6) is 0 Å². The molecule has 2 bridgehead atoms. The third-order valence-corrected chi connectivity index (χ3v) is 3.49. The highest BCUT2D eigenvalue weighted by molar-refractivity contribution is 5.69. The Morgan fingerprint density at radius 1 is 1.27 bits per heavy atom. The molecule has 15 heavy (non-hydrogen) atoms. The first-order chi connectivity index (χ1) is 7.43. The van der Waals surface area contributed by atoms with Gasteiger partial charge in [-0.15, -0.1) is 0 Å². The molecule has 1 N–H and O–H groups in total. The van der Waals surface area contributed by atoms with Crippen molar-refractivity contribution in [2.75, 3.05) is 0 Å². The van der Waals surface area contributed by atoms with E-state index in [9.17, 15) is 0 Å². The van der Waals surface area contributed by atoms with E-state index in [0.29, 0.717) is 6.04 Å². The van der Waals surface area contributed by atoms with Gasteiger partial charge in [0.25, 0.3) is 0 Å². The van der Waals surface area contributed by atoms with Crippen LogP contribution in [-0.4, -0.2) is 17.1 Å². The fraction of sp³-hybridized carbons (Fsp3) is 0.462. The lowest BCUT2D eigenvalue weighted by molar-refractivity contribution is 0.559. The highest BCUT2D eigenvalue weighted by Gasteiger charge is 2.28. The Kier molecular flexibility index (Phi) is 2.29. The van der Waals surface area contributed by atoms with Gasteiger partial charge in [-0.3, -0.25) is 4.98 Å². The van der Waals surface area contributed by atoms with Gasteiger partial charge in [-0.2, -0.15) is 0 Å². The summed E-state index contributed by atoms with van der Waals surface area (Å²) in [4.78, 5) is 4.20. The number of aromatic nitrogens is 1. The van der Waals surface area contributed by atoms with Crippen molar-refractivity contribution in [3.8, 4) is 0 Å². The van der Waals surface area contributed by atoms with E-state index in [1.165, 1.54) is 36.8 Å². The predicted molar refractivity (Wildman–Crippen MR) is 61.4 cm³/mol. The van der Waals surface area contributed by atoms with Crippen molar-refractivity contribution in [2.24, 2.45) is 0 Å². The van der Waals surface area contributed by atoms with Crippen molar-refractivity contribution in [1.29, 1.82) is 0 Å². The van der Waals surface area contributed by atoms with E-state index < -0.39 is 0 Å². The Morgan fingerprint density at radius 3 is 3.13 bits per heavy atom. The molecular formula is C13H16N2. The van der Waals surface area contributed by atoms with Gasteiger partial charge in [-0.25, -0.2) is 0 Å². The molecule has 0 aliphatic carbocycles. The summed E-state index contributed by atoms with van der Waals surface area (Å²) >= 11 is 0. The van der Waals surface area contributed by atoms with E-state index in [2.05, 4.69) is 22.4 Å². The molecule has 3 heterocycles. The van der Waals surface area contributed by atoms with Crippen LogP contribution in [0.1, 0.15) is 31.2 Å². The Bertz CT molecular complexity index is 369. The normalized spacial score (nSPS) is 29.7. The monoisotopic (exact) mass is 200 g/mol. The summed E-state index contributed by atoms with van der Waals surface area (Å²) in [5.74, 6) is 0. The van der Waals surface area contributed by atoms with Gasteiger partial charge in [0.1, 0.15) is 0 Å². The van der Waals surface area contributed by atoms with E-state index in [4.69, 9.17) is 0 Å². The number of fused-ring (bicyclic) bond motifs is 2. The molecule has 1 fully saturated rings. The van der Waals surface area contributed by atoms with Crippen LogP contribution in [0.2, 0.25) is 0 Å². The molecule has 1 saturated heterocycles. The van der Waals surface area contributed by atoms with Crippen LogP contribution in [0.25, 0.3) is 5.57 Å². The lowest BCUT2D eigenvalue weighted by atomic mass is 9.95. The van der Waals surface area contributed by atoms with Crippen molar-refractivity contribution < 1.29 is 0 Å². The summed E-state index contributed by atoms with van der Waals surface area (Å²) in [5.41, 5.74) is 2.75. The Hall–Kier alpha value is -1.15. The molecule has 2 aliphatic rings. The first-order valence-corrected chi connectivity index (χ1v) is 5.80. The average molecular weight is 200 g/mol. The maximum Gasteiger partial charge on any atom is 0.0343 e. The van der Waals surface area contributed by atoms with Crippen LogP contribution in [0, 0.1) is 0 Å². The largest absolute Gasteiger partial charge is 0.307 e. The summed E-state index contributed by atoms with van der Waals surface area (Å²) in [5, 5.41) is 3.71. The summed E-state index contributed by atoms with van der Waals surface area (Å²) in [6.07, 6.45) is 11.3. The topological polar surface area (TPSA) is 24.9 Å². The molecule has 2 heteroatoms. The van der Waals surface area contributed by atoms with Gasteiger partial charge in [-0.05, 0) is 42.9 Å². The number of hydrogen-bond acceptors (Lipinski definition) is 2. The van der Waals surface area contributed by atoms with Crippen LogP contribution in [0.4, 0.5) is 0 Å². The van der Waals surface area contributed by atoms with Crippen LogP contribution in [-0.2, 0) is 0 Å². The zero-order chi connectivity index (χ0) is 10.1. The fourth-order valence-electron chi connectivity index (χ4n) is 2.73. The molecule has 0 spiro atoms. The molecule has 0 unspecified atom stereocenters. The lowest BCUT2D eigenvalue weighted by Crippen LogP contribution is -2.28. The average Bonchev–Trinajstić information content (AvgIpc) is 2.61.